The van der Waals surface area contributed by atoms with E-state index in [1.54, 1.807) is 4.90 Å². The van der Waals surface area contributed by atoms with E-state index < -0.39 is 46.2 Å². The summed E-state index contributed by atoms with van der Waals surface area (Å²) in [4.78, 5) is 30.1. The van der Waals surface area contributed by atoms with Gasteiger partial charge in [-0.3, -0.25) is 9.69 Å². The van der Waals surface area contributed by atoms with Crippen molar-refractivity contribution in [3.05, 3.63) is 35.4 Å². The molecule has 3 aliphatic heterocycles. The number of rotatable bonds is 6. The number of nitrogens with zero attached hydrogens (tertiary/aromatic N) is 6. The van der Waals surface area contributed by atoms with E-state index in [2.05, 4.69) is 15.0 Å². The summed E-state index contributed by atoms with van der Waals surface area (Å²) >= 11 is 0.733. The Kier molecular flexibility index (Phi) is 7.82. The number of anilines is 2. The summed E-state index contributed by atoms with van der Waals surface area (Å²) in [6.07, 6.45) is -4.32. The van der Waals surface area contributed by atoms with Crippen LogP contribution in [0.5, 0.6) is 6.01 Å². The number of amides is 1. The van der Waals surface area contributed by atoms with Crippen LogP contribution in [-0.2, 0) is 11.0 Å². The number of carbonyl (C=O) groups is 1. The van der Waals surface area contributed by atoms with Crippen molar-refractivity contribution in [2.24, 2.45) is 5.73 Å². The molecule has 2 aromatic carbocycles. The number of ether oxygens (including phenoxy) is 1. The summed E-state index contributed by atoms with van der Waals surface area (Å²) < 4.78 is 96.0. The first kappa shape index (κ1) is 31.6. The zero-order valence-corrected chi connectivity index (χ0v) is 25.7. The van der Waals surface area contributed by atoms with E-state index in [4.69, 9.17) is 16.2 Å². The number of piperazine rings is 1. The summed E-state index contributed by atoms with van der Waals surface area (Å²) in [5.41, 5.74) is 7.50. The van der Waals surface area contributed by atoms with Gasteiger partial charge in [-0.25, -0.2) is 18.2 Å². The number of thiazole rings is 1. The third kappa shape index (κ3) is 5.47. The van der Waals surface area contributed by atoms with E-state index in [0.717, 1.165) is 36.0 Å². The second-order valence-electron chi connectivity index (χ2n) is 12.1. The van der Waals surface area contributed by atoms with Crippen molar-refractivity contribution in [3.8, 4) is 17.1 Å². The van der Waals surface area contributed by atoms with Crippen LogP contribution >= 0.6 is 11.3 Å². The van der Waals surface area contributed by atoms with Gasteiger partial charge >= 0.3 is 12.2 Å². The smallest absolute Gasteiger partial charge is 0.417 e. The van der Waals surface area contributed by atoms with Gasteiger partial charge in [0.2, 0.25) is 5.91 Å². The van der Waals surface area contributed by atoms with Crippen LogP contribution in [0.3, 0.4) is 0 Å². The van der Waals surface area contributed by atoms with Crippen LogP contribution in [-0.4, -0.2) is 94.8 Å². The predicted molar refractivity (Wildman–Crippen MR) is 164 cm³/mol. The molecule has 2 unspecified atom stereocenters. The largest absolute Gasteiger partial charge is 0.461 e. The molecule has 2 atom stereocenters. The molecule has 2 aromatic heterocycles. The molecule has 3 fully saturated rings. The lowest BCUT2D eigenvalue weighted by Crippen LogP contribution is -2.50. The number of aromatic nitrogens is 3. The Balaban J connectivity index is 1.39. The first-order valence-corrected chi connectivity index (χ1v) is 15.9. The van der Waals surface area contributed by atoms with Crippen molar-refractivity contribution >= 4 is 49.3 Å². The minimum atomic E-state index is -5.05. The SMILES string of the molecule is NCC(=O)N1CCN(c2nc(OCC34CCCN3CC(F)C4)nc3c(F)c(-c4ccc(F)c5sc(N)nc45)c(C(F)(F)F)cc23)CC1. The minimum Gasteiger partial charge on any atom is -0.461 e. The first-order chi connectivity index (χ1) is 22.4. The Labute approximate surface area is 268 Å². The fourth-order valence-electron chi connectivity index (χ4n) is 7.12. The molecule has 0 spiro atoms. The summed E-state index contributed by atoms with van der Waals surface area (Å²) in [6.45, 7) is 1.52. The summed E-state index contributed by atoms with van der Waals surface area (Å²) in [6, 6.07) is 2.46. The Hall–Kier alpha value is -3.96. The maximum Gasteiger partial charge on any atom is 0.417 e. The number of carbonyl (C=O) groups excluding carboxylic acids is 1. The van der Waals surface area contributed by atoms with Gasteiger partial charge in [0.15, 0.2) is 10.9 Å². The van der Waals surface area contributed by atoms with Crippen LogP contribution in [0.15, 0.2) is 18.2 Å². The zero-order chi connectivity index (χ0) is 33.2. The number of nitrogen functional groups attached to an aromatic ring is 1. The second kappa shape index (κ2) is 11.6. The van der Waals surface area contributed by atoms with Crippen molar-refractivity contribution in [1.82, 2.24) is 24.8 Å². The third-order valence-electron chi connectivity index (χ3n) is 9.31. The van der Waals surface area contributed by atoms with Gasteiger partial charge in [0, 0.05) is 55.7 Å². The van der Waals surface area contributed by atoms with E-state index in [9.17, 15) is 26.7 Å². The Morgan fingerprint density at radius 3 is 2.57 bits per heavy atom. The maximum atomic E-state index is 16.8. The van der Waals surface area contributed by atoms with E-state index >= 15 is 4.39 Å². The van der Waals surface area contributed by atoms with E-state index in [1.165, 1.54) is 4.90 Å². The van der Waals surface area contributed by atoms with Gasteiger partial charge in [-0.2, -0.15) is 23.1 Å². The third-order valence-corrected chi connectivity index (χ3v) is 10.2. The van der Waals surface area contributed by atoms with Crippen LogP contribution in [0.4, 0.5) is 37.3 Å². The highest BCUT2D eigenvalue weighted by Crippen LogP contribution is 2.46. The zero-order valence-electron chi connectivity index (χ0n) is 24.9. The molecule has 7 rings (SSSR count). The standard InChI is InChI=1S/C30H30F6N8O2S/c31-15-11-29(4-1-5-44(29)13-15)14-46-28-40-23-17(26(41-28)43-8-6-42(7-9-43)20(45)12-37)10-18(30(34,35)36)21(22(23)33)16-2-3-19(32)25-24(16)39-27(38)47-25/h2-3,10,15H,1,4-9,11-14,37H2,(H2,38,39). The quantitative estimate of drug-likeness (QED) is 0.286. The molecule has 0 saturated carbocycles. The van der Waals surface area contributed by atoms with Crippen LogP contribution in [0.25, 0.3) is 32.2 Å². The van der Waals surface area contributed by atoms with Gasteiger partial charge in [0.05, 0.1) is 27.9 Å². The highest BCUT2D eigenvalue weighted by molar-refractivity contribution is 7.22. The Morgan fingerprint density at radius 2 is 1.85 bits per heavy atom. The molecule has 250 valence electrons. The van der Waals surface area contributed by atoms with Gasteiger partial charge < -0.3 is 26.0 Å². The lowest BCUT2D eigenvalue weighted by atomic mass is 9.95. The Morgan fingerprint density at radius 1 is 1.09 bits per heavy atom. The highest BCUT2D eigenvalue weighted by atomic mass is 32.1. The van der Waals surface area contributed by atoms with Gasteiger partial charge in [-0.15, -0.1) is 0 Å². The molecule has 4 aromatic rings. The fourth-order valence-corrected chi connectivity index (χ4v) is 7.89. The number of alkyl halides is 4. The average molecular weight is 681 g/mol. The Bertz CT molecular complexity index is 1880. The molecular formula is C30H30F6N8O2S. The van der Waals surface area contributed by atoms with Gasteiger partial charge in [-0.05, 0) is 37.6 Å². The van der Waals surface area contributed by atoms with Gasteiger partial charge in [0.25, 0.3) is 0 Å². The molecule has 5 heterocycles. The van der Waals surface area contributed by atoms with Crippen molar-refractivity contribution in [1.29, 1.82) is 0 Å². The lowest BCUT2D eigenvalue weighted by molar-refractivity contribution is -0.137. The highest BCUT2D eigenvalue weighted by Gasteiger charge is 2.49. The monoisotopic (exact) mass is 680 g/mol. The van der Waals surface area contributed by atoms with Crippen molar-refractivity contribution < 1.29 is 35.9 Å². The maximum absolute atomic E-state index is 16.8. The number of nitrogens with two attached hydrogens (primary N) is 2. The summed E-state index contributed by atoms with van der Waals surface area (Å²) in [5.74, 6) is -2.39. The minimum absolute atomic E-state index is 0.00292. The van der Waals surface area contributed by atoms with Crippen LogP contribution in [0.1, 0.15) is 24.8 Å². The topological polar surface area (TPSA) is 127 Å². The lowest BCUT2D eigenvalue weighted by Gasteiger charge is -2.36. The second-order valence-corrected chi connectivity index (χ2v) is 13.1. The number of halogens is 6. The molecular weight excluding hydrogens is 650 g/mol. The molecule has 3 saturated heterocycles. The first-order valence-electron chi connectivity index (χ1n) is 15.1. The number of benzene rings is 2. The molecule has 17 heteroatoms. The number of fused-ring (bicyclic) bond motifs is 3. The van der Waals surface area contributed by atoms with Gasteiger partial charge in [-0.1, -0.05) is 11.3 Å². The molecule has 1 amide bonds. The molecule has 0 radical (unpaired) electrons. The normalized spacial score (nSPS) is 22.1. The summed E-state index contributed by atoms with van der Waals surface area (Å²) in [7, 11) is 0. The predicted octanol–water partition coefficient (Wildman–Crippen LogP) is 4.35. The van der Waals surface area contributed by atoms with Gasteiger partial charge in [0.1, 0.15) is 29.9 Å². The van der Waals surface area contributed by atoms with Crippen LogP contribution in [0.2, 0.25) is 0 Å². The van der Waals surface area contributed by atoms with E-state index in [0.29, 0.717) is 13.0 Å². The van der Waals surface area contributed by atoms with E-state index in [1.807, 2.05) is 4.90 Å². The van der Waals surface area contributed by atoms with Crippen molar-refractivity contribution in [2.75, 3.05) is 63.1 Å². The molecule has 47 heavy (non-hydrogen) atoms. The van der Waals surface area contributed by atoms with Crippen LogP contribution in [0, 0.1) is 11.6 Å². The molecule has 0 aliphatic carbocycles. The molecule has 0 bridgehead atoms. The molecule has 10 nitrogen and oxygen atoms in total. The number of hydrogen-bond donors (Lipinski definition) is 2. The average Bonchev–Trinajstić information content (AvgIpc) is 3.71. The van der Waals surface area contributed by atoms with Crippen molar-refractivity contribution in [2.45, 2.75) is 37.1 Å². The fraction of sp³-hybridized carbons (Fsp3) is 0.467. The number of hydrogen-bond acceptors (Lipinski definition) is 10. The van der Waals surface area contributed by atoms with Crippen molar-refractivity contribution in [3.63, 3.8) is 0 Å². The summed E-state index contributed by atoms with van der Waals surface area (Å²) in [5, 5.41) is -0.331. The van der Waals surface area contributed by atoms with E-state index in [-0.39, 0.29) is 96.3 Å². The molecule has 3 aliphatic rings. The molecule has 4 N–H and O–H groups in total. The van der Waals surface area contributed by atoms with Crippen LogP contribution < -0.4 is 21.1 Å².